The first kappa shape index (κ1) is 36.1. The van der Waals surface area contributed by atoms with Crippen molar-refractivity contribution in [3.05, 3.63) is 35.9 Å². The molecule has 0 aromatic heterocycles. The molecule has 238 valence electrons. The van der Waals surface area contributed by atoms with E-state index < -0.39 is 60.2 Å². The molecule has 0 radical (unpaired) electrons. The predicted octanol–water partition coefficient (Wildman–Crippen LogP) is -2.93. The summed E-state index contributed by atoms with van der Waals surface area (Å²) >= 11 is 0. The smallest absolute Gasteiger partial charge is 0.326 e. The highest BCUT2D eigenvalue weighted by Crippen LogP contribution is 2.08. The number of nitrogens with zero attached hydrogens (tertiary/aromatic N) is 2. The van der Waals surface area contributed by atoms with Crippen molar-refractivity contribution in [2.75, 3.05) is 13.1 Å². The highest BCUT2D eigenvalue weighted by Gasteiger charge is 2.30. The first-order valence-electron chi connectivity index (χ1n) is 13.6. The number of aliphatic imine (C=N–C) groups is 2. The van der Waals surface area contributed by atoms with Crippen LogP contribution in [0.15, 0.2) is 40.3 Å². The third kappa shape index (κ3) is 15.6. The van der Waals surface area contributed by atoms with Crippen molar-refractivity contribution in [2.45, 2.75) is 69.1 Å². The van der Waals surface area contributed by atoms with Gasteiger partial charge in [0.05, 0.1) is 6.04 Å². The van der Waals surface area contributed by atoms with Gasteiger partial charge in [0.2, 0.25) is 17.7 Å². The predicted molar refractivity (Wildman–Crippen MR) is 158 cm³/mol. The summed E-state index contributed by atoms with van der Waals surface area (Å²) in [5.74, 6) is -5.16. The Bertz CT molecular complexity index is 1140. The molecular weight excluding hydrogens is 564 g/mol. The van der Waals surface area contributed by atoms with E-state index in [1.54, 1.807) is 30.3 Å². The van der Waals surface area contributed by atoms with Gasteiger partial charge < -0.3 is 54.8 Å². The number of rotatable bonds is 20. The Morgan fingerprint density at radius 1 is 0.698 bits per heavy atom. The number of carbonyl (C=O) groups excluding carboxylic acids is 3. The van der Waals surface area contributed by atoms with E-state index in [1.165, 1.54) is 0 Å². The Labute approximate surface area is 248 Å². The van der Waals surface area contributed by atoms with Gasteiger partial charge in [-0.25, -0.2) is 4.79 Å². The summed E-state index contributed by atoms with van der Waals surface area (Å²) in [5.41, 5.74) is 28.0. The van der Waals surface area contributed by atoms with Crippen LogP contribution in [0.2, 0.25) is 0 Å². The van der Waals surface area contributed by atoms with E-state index in [-0.39, 0.29) is 57.1 Å². The van der Waals surface area contributed by atoms with Crippen LogP contribution in [0, 0.1) is 0 Å². The zero-order chi connectivity index (χ0) is 32.4. The number of benzene rings is 1. The van der Waals surface area contributed by atoms with Gasteiger partial charge in [-0.15, -0.1) is 0 Å². The lowest BCUT2D eigenvalue weighted by molar-refractivity contribution is -0.143. The van der Waals surface area contributed by atoms with Crippen LogP contribution in [-0.4, -0.2) is 89.0 Å². The minimum Gasteiger partial charge on any atom is -0.481 e. The van der Waals surface area contributed by atoms with E-state index in [0.717, 1.165) is 0 Å². The molecule has 3 amide bonds. The van der Waals surface area contributed by atoms with Crippen LogP contribution < -0.4 is 44.6 Å². The number of hydrogen-bond acceptors (Lipinski definition) is 8. The molecule has 17 heteroatoms. The molecule has 15 N–H and O–H groups in total. The maximum Gasteiger partial charge on any atom is 0.326 e. The molecule has 17 nitrogen and oxygen atoms in total. The lowest BCUT2D eigenvalue weighted by Gasteiger charge is -2.25. The molecular formula is C26H42N10O7. The van der Waals surface area contributed by atoms with Crippen molar-refractivity contribution in [3.63, 3.8) is 0 Å². The Kier molecular flexibility index (Phi) is 16.1. The summed E-state index contributed by atoms with van der Waals surface area (Å²) in [5, 5.41) is 25.8. The maximum atomic E-state index is 13.5. The van der Waals surface area contributed by atoms with Gasteiger partial charge in [0.1, 0.15) is 18.1 Å². The maximum absolute atomic E-state index is 13.5. The van der Waals surface area contributed by atoms with Gasteiger partial charge in [-0.05, 0) is 37.7 Å². The van der Waals surface area contributed by atoms with Gasteiger partial charge in [-0.2, -0.15) is 0 Å². The van der Waals surface area contributed by atoms with Gasteiger partial charge in [0.25, 0.3) is 0 Å². The van der Waals surface area contributed by atoms with Crippen molar-refractivity contribution < 1.29 is 34.2 Å². The Hall–Kier alpha value is -4.93. The van der Waals surface area contributed by atoms with Crippen molar-refractivity contribution in [3.8, 4) is 0 Å². The normalized spacial score (nSPS) is 13.3. The second kappa shape index (κ2) is 19.2. The summed E-state index contributed by atoms with van der Waals surface area (Å²) in [7, 11) is 0. The fourth-order valence-corrected chi connectivity index (χ4v) is 3.83. The largest absolute Gasteiger partial charge is 0.481 e. The first-order valence-corrected chi connectivity index (χ1v) is 13.6. The molecule has 1 rings (SSSR count). The molecule has 0 saturated heterocycles. The zero-order valence-electron chi connectivity index (χ0n) is 23.8. The fraction of sp³-hybridized carbons (Fsp3) is 0.500. The summed E-state index contributed by atoms with van der Waals surface area (Å²) in [6, 6.07) is 3.87. The second-order valence-electron chi connectivity index (χ2n) is 9.65. The number of nitrogens with two attached hydrogens (primary N) is 5. The molecule has 0 aliphatic rings. The van der Waals surface area contributed by atoms with Crippen molar-refractivity contribution >= 4 is 41.6 Å². The van der Waals surface area contributed by atoms with Crippen LogP contribution in [0.1, 0.15) is 44.1 Å². The lowest BCUT2D eigenvalue weighted by Crippen LogP contribution is -2.57. The summed E-state index contributed by atoms with van der Waals surface area (Å²) in [6.45, 7) is 0.375. The number of guanidine groups is 2. The van der Waals surface area contributed by atoms with Crippen molar-refractivity contribution in [1.29, 1.82) is 0 Å². The molecule has 0 fully saturated rings. The molecule has 0 aliphatic carbocycles. The average molecular weight is 607 g/mol. The standard InChI is InChI=1S/C26H42N10O7/c27-16(8-4-12-32-25(28)29)21(39)36-19(14-15-6-2-1-3-7-15)23(41)34-17(9-5-13-33-26(30)31)22(40)35-18(24(42)43)10-11-20(37)38/h1-3,6-7,16-19H,4-5,8-14,27H2,(H,34,41)(H,35,40)(H,36,39)(H,37,38)(H,42,43)(H4,28,29,32)(H4,30,31,33). The third-order valence-electron chi connectivity index (χ3n) is 6.06. The number of hydrogen-bond donors (Lipinski definition) is 10. The molecule has 1 aromatic rings. The number of aliphatic carboxylic acids is 2. The SMILES string of the molecule is NC(N)=NCCCC(N)C(=O)NC(Cc1ccccc1)C(=O)NC(CCCN=C(N)N)C(=O)NC(CCC(=O)O)C(=O)O. The third-order valence-corrected chi connectivity index (χ3v) is 6.06. The number of amides is 3. The van der Waals surface area contributed by atoms with E-state index in [0.29, 0.717) is 12.0 Å². The average Bonchev–Trinajstić information content (AvgIpc) is 2.94. The number of nitrogens with one attached hydrogen (secondary N) is 3. The summed E-state index contributed by atoms with van der Waals surface area (Å²) in [6.07, 6.45) is 0.0278. The molecule has 0 aliphatic heterocycles. The molecule has 4 atom stereocenters. The van der Waals surface area contributed by atoms with Crippen LogP contribution in [-0.2, 0) is 30.4 Å². The highest BCUT2D eigenvalue weighted by atomic mass is 16.4. The van der Waals surface area contributed by atoms with Gasteiger partial charge in [0, 0.05) is 25.9 Å². The quantitative estimate of drug-likeness (QED) is 0.0405. The van der Waals surface area contributed by atoms with Gasteiger partial charge in [-0.3, -0.25) is 29.2 Å². The minimum absolute atomic E-state index is 0.00404. The van der Waals surface area contributed by atoms with Crippen LogP contribution in [0.3, 0.4) is 0 Å². The summed E-state index contributed by atoms with van der Waals surface area (Å²) in [4.78, 5) is 69.7. The lowest BCUT2D eigenvalue weighted by atomic mass is 10.0. The first-order chi connectivity index (χ1) is 20.3. The molecule has 1 aromatic carbocycles. The van der Waals surface area contributed by atoms with Crippen LogP contribution in [0.4, 0.5) is 0 Å². The molecule has 0 bridgehead atoms. The number of carboxylic acids is 2. The Morgan fingerprint density at radius 3 is 1.74 bits per heavy atom. The molecule has 43 heavy (non-hydrogen) atoms. The number of carboxylic acid groups (broad SMARTS) is 2. The van der Waals surface area contributed by atoms with E-state index in [9.17, 15) is 29.1 Å². The van der Waals surface area contributed by atoms with Crippen LogP contribution in [0.5, 0.6) is 0 Å². The van der Waals surface area contributed by atoms with E-state index >= 15 is 0 Å². The zero-order valence-corrected chi connectivity index (χ0v) is 23.8. The Balaban J connectivity index is 3.12. The van der Waals surface area contributed by atoms with E-state index in [2.05, 4.69) is 25.9 Å². The molecule has 4 unspecified atom stereocenters. The van der Waals surface area contributed by atoms with Crippen LogP contribution in [0.25, 0.3) is 0 Å². The van der Waals surface area contributed by atoms with Gasteiger partial charge in [-0.1, -0.05) is 30.3 Å². The molecule has 0 heterocycles. The monoisotopic (exact) mass is 606 g/mol. The fourth-order valence-electron chi connectivity index (χ4n) is 3.83. The van der Waals surface area contributed by atoms with E-state index in [1.807, 2.05) is 0 Å². The number of carbonyl (C=O) groups is 5. The van der Waals surface area contributed by atoms with E-state index in [4.69, 9.17) is 33.8 Å². The van der Waals surface area contributed by atoms with Gasteiger partial charge in [0.15, 0.2) is 11.9 Å². The second-order valence-corrected chi connectivity index (χ2v) is 9.65. The minimum atomic E-state index is -1.52. The van der Waals surface area contributed by atoms with Crippen molar-refractivity contribution in [2.24, 2.45) is 38.7 Å². The van der Waals surface area contributed by atoms with Gasteiger partial charge >= 0.3 is 11.9 Å². The highest BCUT2D eigenvalue weighted by molar-refractivity contribution is 5.94. The van der Waals surface area contributed by atoms with Crippen molar-refractivity contribution in [1.82, 2.24) is 16.0 Å². The topological polar surface area (TPSA) is 317 Å². The molecule has 0 spiro atoms. The summed E-state index contributed by atoms with van der Waals surface area (Å²) < 4.78 is 0. The molecule has 0 saturated carbocycles. The Morgan fingerprint density at radius 2 is 1.21 bits per heavy atom. The van der Waals surface area contributed by atoms with Crippen LogP contribution >= 0.6 is 0 Å².